The van der Waals surface area contributed by atoms with Crippen LogP contribution >= 0.6 is 15.9 Å². The van der Waals surface area contributed by atoms with Gasteiger partial charge in [0.15, 0.2) is 0 Å². The lowest BCUT2D eigenvalue weighted by Gasteiger charge is -2.07. The third kappa shape index (κ3) is 3.50. The van der Waals surface area contributed by atoms with Gasteiger partial charge in [0.25, 0.3) is 0 Å². The second-order valence-corrected chi connectivity index (χ2v) is 4.48. The molecule has 0 atom stereocenters. The first kappa shape index (κ1) is 13.5. The molecule has 1 aromatic heterocycles. The van der Waals surface area contributed by atoms with Gasteiger partial charge in [-0.1, -0.05) is 0 Å². The van der Waals surface area contributed by atoms with Crippen molar-refractivity contribution in [2.75, 3.05) is 5.32 Å². The quantitative estimate of drug-likeness (QED) is 0.809. The summed E-state index contributed by atoms with van der Waals surface area (Å²) in [6.07, 6.45) is 1.55. The first-order valence-electron chi connectivity index (χ1n) is 5.24. The van der Waals surface area contributed by atoms with E-state index in [4.69, 9.17) is 0 Å². The van der Waals surface area contributed by atoms with E-state index in [9.17, 15) is 13.6 Å². The number of carbonyl (C=O) groups excluding carboxylic acids is 1. The fourth-order valence-electron chi connectivity index (χ4n) is 1.35. The van der Waals surface area contributed by atoms with Crippen molar-refractivity contribution < 1.29 is 13.6 Å². The zero-order valence-corrected chi connectivity index (χ0v) is 11.1. The van der Waals surface area contributed by atoms with Crippen LogP contribution in [0.3, 0.4) is 0 Å². The smallest absolute Gasteiger partial charge is 0.319 e. The highest BCUT2D eigenvalue weighted by atomic mass is 79.9. The summed E-state index contributed by atoms with van der Waals surface area (Å²) in [6, 6.07) is 2.30. The number of carbonyl (C=O) groups is 1. The van der Waals surface area contributed by atoms with Crippen molar-refractivity contribution in [1.29, 1.82) is 0 Å². The van der Waals surface area contributed by atoms with Crippen LogP contribution in [0.2, 0.25) is 0 Å². The van der Waals surface area contributed by atoms with Gasteiger partial charge in [0, 0.05) is 6.07 Å². The first-order chi connectivity index (χ1) is 9.06. The standard InChI is InChI=1S/C11H9BrF2N4O/c12-7-4-16-18-10(7)5-15-11(19)17-9-2-1-6(13)3-8(9)14/h1-4H,5H2,(H,16,18)(H2,15,17,19). The van der Waals surface area contributed by atoms with Gasteiger partial charge < -0.3 is 10.6 Å². The molecule has 0 unspecified atom stereocenters. The van der Waals surface area contributed by atoms with Crippen LogP contribution in [-0.2, 0) is 6.54 Å². The zero-order valence-electron chi connectivity index (χ0n) is 9.51. The zero-order chi connectivity index (χ0) is 13.8. The number of hydrogen-bond donors (Lipinski definition) is 3. The molecule has 19 heavy (non-hydrogen) atoms. The third-order valence-electron chi connectivity index (χ3n) is 2.27. The average molecular weight is 331 g/mol. The van der Waals surface area contributed by atoms with Crippen LogP contribution in [0.1, 0.15) is 5.69 Å². The fraction of sp³-hybridized carbons (Fsp3) is 0.0909. The fourth-order valence-corrected chi connectivity index (χ4v) is 1.68. The largest absolute Gasteiger partial charge is 0.332 e. The van der Waals surface area contributed by atoms with Crippen molar-refractivity contribution in [1.82, 2.24) is 15.5 Å². The lowest BCUT2D eigenvalue weighted by Crippen LogP contribution is -2.28. The molecule has 3 N–H and O–H groups in total. The number of rotatable bonds is 3. The molecule has 0 spiro atoms. The molecule has 0 fully saturated rings. The average Bonchev–Trinajstić information content (AvgIpc) is 2.76. The number of halogens is 3. The van der Waals surface area contributed by atoms with Crippen LogP contribution in [0.4, 0.5) is 19.3 Å². The van der Waals surface area contributed by atoms with E-state index in [1.165, 1.54) is 0 Å². The second kappa shape index (κ2) is 5.79. The molecule has 8 heteroatoms. The number of nitrogens with zero attached hydrogens (tertiary/aromatic N) is 1. The van der Waals surface area contributed by atoms with E-state index >= 15 is 0 Å². The molecule has 100 valence electrons. The van der Waals surface area contributed by atoms with Gasteiger partial charge in [-0.2, -0.15) is 5.10 Å². The summed E-state index contributed by atoms with van der Waals surface area (Å²) in [5.74, 6) is -1.54. The molecule has 5 nitrogen and oxygen atoms in total. The molecule has 1 heterocycles. The van der Waals surface area contributed by atoms with Crippen molar-refractivity contribution in [2.24, 2.45) is 0 Å². The van der Waals surface area contributed by atoms with Crippen LogP contribution in [0.5, 0.6) is 0 Å². The number of nitrogens with one attached hydrogen (secondary N) is 3. The number of benzene rings is 1. The van der Waals surface area contributed by atoms with E-state index in [1.807, 2.05) is 0 Å². The lowest BCUT2D eigenvalue weighted by atomic mass is 10.3. The maximum Gasteiger partial charge on any atom is 0.319 e. The number of aromatic nitrogens is 2. The summed E-state index contributed by atoms with van der Waals surface area (Å²) < 4.78 is 26.7. The van der Waals surface area contributed by atoms with Gasteiger partial charge in [-0.25, -0.2) is 13.6 Å². The molecule has 0 bridgehead atoms. The van der Waals surface area contributed by atoms with Gasteiger partial charge in [0.2, 0.25) is 0 Å². The van der Waals surface area contributed by atoms with Crippen LogP contribution < -0.4 is 10.6 Å². The first-order valence-corrected chi connectivity index (χ1v) is 6.03. The Morgan fingerprint density at radius 3 is 2.84 bits per heavy atom. The topological polar surface area (TPSA) is 69.8 Å². The molecule has 2 rings (SSSR count). The summed E-state index contributed by atoms with van der Waals surface area (Å²) >= 11 is 3.24. The van der Waals surface area contributed by atoms with Gasteiger partial charge >= 0.3 is 6.03 Å². The highest BCUT2D eigenvalue weighted by Gasteiger charge is 2.08. The second-order valence-electron chi connectivity index (χ2n) is 3.63. The van der Waals surface area contributed by atoms with Gasteiger partial charge in [0.05, 0.1) is 28.6 Å². The van der Waals surface area contributed by atoms with Crippen LogP contribution in [0.25, 0.3) is 0 Å². The number of aromatic amines is 1. The Labute approximate surface area is 115 Å². The Balaban J connectivity index is 1.93. The third-order valence-corrected chi connectivity index (χ3v) is 2.95. The molecule has 2 amide bonds. The molecule has 1 aromatic carbocycles. The van der Waals surface area contributed by atoms with Crippen LogP contribution in [-0.4, -0.2) is 16.2 Å². The maximum atomic E-state index is 13.3. The lowest BCUT2D eigenvalue weighted by molar-refractivity contribution is 0.251. The number of H-pyrrole nitrogens is 1. The molecule has 0 aliphatic rings. The van der Waals surface area contributed by atoms with Gasteiger partial charge in [-0.15, -0.1) is 0 Å². The van der Waals surface area contributed by atoms with Crippen molar-refractivity contribution >= 4 is 27.6 Å². The summed E-state index contributed by atoms with van der Waals surface area (Å²) in [7, 11) is 0. The van der Waals surface area contributed by atoms with Crippen LogP contribution in [0.15, 0.2) is 28.9 Å². The van der Waals surface area contributed by atoms with Gasteiger partial charge in [-0.3, -0.25) is 5.10 Å². The van der Waals surface area contributed by atoms with Gasteiger partial charge in [-0.05, 0) is 28.1 Å². The Morgan fingerprint density at radius 2 is 2.21 bits per heavy atom. The van der Waals surface area contributed by atoms with E-state index in [-0.39, 0.29) is 12.2 Å². The van der Waals surface area contributed by atoms with E-state index in [2.05, 4.69) is 36.8 Å². The Morgan fingerprint density at radius 1 is 1.42 bits per heavy atom. The maximum absolute atomic E-state index is 13.3. The molecule has 0 aliphatic carbocycles. The Kier molecular flexibility index (Phi) is 4.10. The minimum atomic E-state index is -0.835. The predicted molar refractivity (Wildman–Crippen MR) is 68.5 cm³/mol. The minimum Gasteiger partial charge on any atom is -0.332 e. The van der Waals surface area contributed by atoms with Crippen molar-refractivity contribution in [3.63, 3.8) is 0 Å². The van der Waals surface area contributed by atoms with Crippen LogP contribution in [0, 0.1) is 11.6 Å². The number of urea groups is 1. The highest BCUT2D eigenvalue weighted by Crippen LogP contribution is 2.15. The summed E-state index contributed by atoms with van der Waals surface area (Å²) in [4.78, 5) is 11.5. The van der Waals surface area contributed by atoms with E-state index in [0.717, 1.165) is 16.6 Å². The number of hydrogen-bond acceptors (Lipinski definition) is 2. The minimum absolute atomic E-state index is 0.0948. The molecule has 0 saturated heterocycles. The predicted octanol–water partition coefficient (Wildman–Crippen LogP) is 2.77. The van der Waals surface area contributed by atoms with Crippen molar-refractivity contribution in [3.8, 4) is 0 Å². The van der Waals surface area contributed by atoms with E-state index in [0.29, 0.717) is 11.8 Å². The normalized spacial score (nSPS) is 10.3. The van der Waals surface area contributed by atoms with Crippen molar-refractivity contribution in [2.45, 2.75) is 6.54 Å². The molecular weight excluding hydrogens is 322 g/mol. The monoisotopic (exact) mass is 330 g/mol. The van der Waals surface area contributed by atoms with Gasteiger partial charge in [0.1, 0.15) is 11.6 Å². The Bertz CT molecular complexity index is 602. The molecule has 0 radical (unpaired) electrons. The molecule has 2 aromatic rings. The van der Waals surface area contributed by atoms with E-state index in [1.54, 1.807) is 6.20 Å². The summed E-state index contributed by atoms with van der Waals surface area (Å²) in [5, 5.41) is 11.2. The molecular formula is C11H9BrF2N4O. The summed E-state index contributed by atoms with van der Waals surface area (Å²) in [6.45, 7) is 0.190. The Hall–Kier alpha value is -1.96. The highest BCUT2D eigenvalue weighted by molar-refractivity contribution is 9.10. The van der Waals surface area contributed by atoms with Crippen molar-refractivity contribution in [3.05, 3.63) is 46.2 Å². The number of amides is 2. The molecule has 0 saturated carbocycles. The number of anilines is 1. The van der Waals surface area contributed by atoms with E-state index < -0.39 is 17.7 Å². The SMILES string of the molecule is O=C(NCc1[nH]ncc1Br)Nc1ccc(F)cc1F. The summed E-state index contributed by atoms with van der Waals surface area (Å²) in [5.41, 5.74) is 0.581. The molecule has 0 aliphatic heterocycles.